The Morgan fingerprint density at radius 3 is 2.53 bits per heavy atom. The molecule has 0 saturated carbocycles. The molecule has 0 aliphatic rings. The maximum Gasteiger partial charge on any atom is 0.322 e. The van der Waals surface area contributed by atoms with Gasteiger partial charge in [-0.3, -0.25) is 9.59 Å². The van der Waals surface area contributed by atoms with E-state index in [9.17, 15) is 18.0 Å². The van der Waals surface area contributed by atoms with Crippen molar-refractivity contribution in [2.75, 3.05) is 0 Å². The molecule has 1 aromatic rings. The average molecular weight is 371 g/mol. The van der Waals surface area contributed by atoms with E-state index in [0.717, 1.165) is 0 Å². The topological polar surface area (TPSA) is 127 Å². The van der Waals surface area contributed by atoms with Gasteiger partial charge in [-0.1, -0.05) is 0 Å². The fourth-order valence-corrected chi connectivity index (χ4v) is 4.93. The van der Waals surface area contributed by atoms with Crippen LogP contribution in [0.25, 0.3) is 0 Å². The molecule has 4 N–H and O–H groups in total. The number of carbonyl (C=O) groups excluding carboxylic acids is 1. The van der Waals surface area contributed by atoms with E-state index in [-0.39, 0.29) is 4.90 Å². The number of hydrogen-bond acceptors (Lipinski definition) is 5. The molecule has 0 spiro atoms. The first-order valence-electron chi connectivity index (χ1n) is 4.93. The van der Waals surface area contributed by atoms with E-state index in [2.05, 4.69) is 15.9 Å². The third kappa shape index (κ3) is 4.27. The first-order valence-corrected chi connectivity index (χ1v) is 8.02. The normalized spacial score (nSPS) is 13.2. The summed E-state index contributed by atoms with van der Waals surface area (Å²) in [6.07, 6.45) is -0.612. The first kappa shape index (κ1) is 16.1. The second-order valence-corrected chi connectivity index (χ2v) is 7.97. The van der Waals surface area contributed by atoms with Crippen molar-refractivity contribution in [2.24, 2.45) is 5.73 Å². The Labute approximate surface area is 122 Å². The number of rotatable bonds is 6. The van der Waals surface area contributed by atoms with Crippen molar-refractivity contribution in [3.05, 3.63) is 14.7 Å². The molecule has 0 aliphatic heterocycles. The number of carboxylic acids is 1. The highest BCUT2D eigenvalue weighted by Crippen LogP contribution is 2.29. The second-order valence-electron chi connectivity index (χ2n) is 3.65. The van der Waals surface area contributed by atoms with Crippen molar-refractivity contribution in [3.63, 3.8) is 0 Å². The third-order valence-electron chi connectivity index (χ3n) is 2.13. The van der Waals surface area contributed by atoms with Crippen LogP contribution in [0.2, 0.25) is 0 Å². The van der Waals surface area contributed by atoms with Crippen LogP contribution in [0.1, 0.15) is 11.3 Å². The van der Waals surface area contributed by atoms with Crippen molar-refractivity contribution < 1.29 is 23.1 Å². The monoisotopic (exact) mass is 370 g/mol. The minimum Gasteiger partial charge on any atom is -0.480 e. The zero-order valence-corrected chi connectivity index (χ0v) is 12.9. The molecule has 7 nitrogen and oxygen atoms in total. The van der Waals surface area contributed by atoms with Crippen LogP contribution in [-0.4, -0.2) is 31.4 Å². The number of halogens is 1. The van der Waals surface area contributed by atoms with Gasteiger partial charge in [0.15, 0.2) is 0 Å². The summed E-state index contributed by atoms with van der Waals surface area (Å²) in [7, 11) is -4.02. The smallest absolute Gasteiger partial charge is 0.322 e. The lowest BCUT2D eigenvalue weighted by atomic mass is 10.2. The maximum absolute atomic E-state index is 12.0. The quantitative estimate of drug-likeness (QED) is 0.668. The van der Waals surface area contributed by atoms with Gasteiger partial charge in [0, 0.05) is 4.88 Å². The molecular weight excluding hydrogens is 360 g/mol. The fraction of sp³-hybridized carbons (Fsp3) is 0.333. The molecule has 1 rings (SSSR count). The van der Waals surface area contributed by atoms with E-state index in [1.807, 2.05) is 4.72 Å². The number of carbonyl (C=O) groups is 2. The van der Waals surface area contributed by atoms with Crippen LogP contribution in [0.15, 0.2) is 14.7 Å². The lowest BCUT2D eigenvalue weighted by molar-refractivity contribution is -0.140. The molecule has 0 bridgehead atoms. The highest BCUT2D eigenvalue weighted by Gasteiger charge is 2.28. The molecule has 0 aliphatic carbocycles. The summed E-state index contributed by atoms with van der Waals surface area (Å²) in [6, 6.07) is -0.216. The van der Waals surface area contributed by atoms with Crippen LogP contribution >= 0.6 is 27.3 Å². The summed E-state index contributed by atoms with van der Waals surface area (Å²) >= 11 is 4.35. The Kier molecular flexibility index (Phi) is 5.07. The summed E-state index contributed by atoms with van der Waals surface area (Å²) in [6.45, 7) is 1.59. The van der Waals surface area contributed by atoms with Gasteiger partial charge >= 0.3 is 5.97 Å². The number of hydrogen-bond donors (Lipinski definition) is 3. The Balaban J connectivity index is 3.04. The van der Waals surface area contributed by atoms with Crippen molar-refractivity contribution in [2.45, 2.75) is 24.3 Å². The Morgan fingerprint density at radius 2 is 2.16 bits per heavy atom. The van der Waals surface area contributed by atoms with Gasteiger partial charge in [-0.25, -0.2) is 8.42 Å². The van der Waals surface area contributed by atoms with Gasteiger partial charge in [0.05, 0.1) is 15.1 Å². The predicted molar refractivity (Wildman–Crippen MR) is 72.3 cm³/mol. The molecule has 1 unspecified atom stereocenters. The van der Waals surface area contributed by atoms with Gasteiger partial charge in [0.2, 0.25) is 15.9 Å². The standard InChI is InChI=1S/C9H11BrN2O5S2/c1-4-6(3-7(10)18-4)19(16,17)12-5(9(14)15)2-8(11)13/h3,5,12H,2H2,1H3,(H2,11,13)(H,14,15). The molecule has 0 saturated heterocycles. The number of aryl methyl sites for hydroxylation is 1. The minimum absolute atomic E-state index is 0.0277. The molecule has 19 heavy (non-hydrogen) atoms. The summed E-state index contributed by atoms with van der Waals surface area (Å²) in [5, 5.41) is 8.87. The number of nitrogens with two attached hydrogens (primary N) is 1. The van der Waals surface area contributed by atoms with Crippen molar-refractivity contribution in [1.82, 2.24) is 4.72 Å². The van der Waals surface area contributed by atoms with Gasteiger partial charge in [-0.2, -0.15) is 4.72 Å². The second kappa shape index (κ2) is 5.99. The molecule has 1 amide bonds. The number of sulfonamides is 1. The van der Waals surface area contributed by atoms with Gasteiger partial charge in [0.1, 0.15) is 6.04 Å². The van der Waals surface area contributed by atoms with Crippen molar-refractivity contribution in [1.29, 1.82) is 0 Å². The molecule has 10 heteroatoms. The lowest BCUT2D eigenvalue weighted by Gasteiger charge is -2.12. The van der Waals surface area contributed by atoms with E-state index in [1.165, 1.54) is 17.4 Å². The van der Waals surface area contributed by atoms with Crippen LogP contribution in [0.4, 0.5) is 0 Å². The molecule has 106 valence electrons. The van der Waals surface area contributed by atoms with Gasteiger partial charge in [-0.15, -0.1) is 11.3 Å². The van der Waals surface area contributed by atoms with Crippen LogP contribution in [0, 0.1) is 6.92 Å². The number of aliphatic carboxylic acids is 1. The number of carboxylic acid groups (broad SMARTS) is 1. The lowest BCUT2D eigenvalue weighted by Crippen LogP contribution is -2.43. The highest BCUT2D eigenvalue weighted by molar-refractivity contribution is 9.11. The van der Waals surface area contributed by atoms with Gasteiger partial charge < -0.3 is 10.8 Å². The fourth-order valence-electron chi connectivity index (χ4n) is 1.33. The maximum atomic E-state index is 12.0. The zero-order chi connectivity index (χ0) is 14.8. The number of primary amides is 1. The largest absolute Gasteiger partial charge is 0.480 e. The molecule has 0 aromatic carbocycles. The van der Waals surface area contributed by atoms with E-state index in [1.54, 1.807) is 6.92 Å². The average Bonchev–Trinajstić information content (AvgIpc) is 2.56. The van der Waals surface area contributed by atoms with Gasteiger partial charge in [-0.05, 0) is 28.9 Å². The molecule has 1 aromatic heterocycles. The first-order chi connectivity index (χ1) is 8.63. The Bertz CT molecular complexity index is 610. The third-order valence-corrected chi connectivity index (χ3v) is 5.41. The van der Waals surface area contributed by atoms with E-state index in [4.69, 9.17) is 10.8 Å². The van der Waals surface area contributed by atoms with Crippen LogP contribution < -0.4 is 10.5 Å². The van der Waals surface area contributed by atoms with Crippen molar-refractivity contribution in [3.8, 4) is 0 Å². The van der Waals surface area contributed by atoms with E-state index in [0.29, 0.717) is 8.66 Å². The van der Waals surface area contributed by atoms with E-state index < -0.39 is 34.4 Å². The summed E-state index contributed by atoms with van der Waals surface area (Å²) < 4.78 is 26.6. The predicted octanol–water partition coefficient (Wildman–Crippen LogP) is 0.426. The van der Waals surface area contributed by atoms with Crippen molar-refractivity contribution >= 4 is 49.2 Å². The summed E-state index contributed by atoms with van der Waals surface area (Å²) in [5.41, 5.74) is 4.88. The van der Waals surface area contributed by atoms with Crippen LogP contribution in [-0.2, 0) is 19.6 Å². The summed E-state index contributed by atoms with van der Waals surface area (Å²) in [4.78, 5) is 22.1. The number of amides is 1. The zero-order valence-electron chi connectivity index (χ0n) is 9.71. The number of thiophene rings is 1. The summed E-state index contributed by atoms with van der Waals surface area (Å²) in [5.74, 6) is -2.37. The highest BCUT2D eigenvalue weighted by atomic mass is 79.9. The molecule has 1 atom stereocenters. The van der Waals surface area contributed by atoms with E-state index >= 15 is 0 Å². The van der Waals surface area contributed by atoms with Crippen LogP contribution in [0.3, 0.4) is 0 Å². The molecular formula is C9H11BrN2O5S2. The van der Waals surface area contributed by atoms with Gasteiger partial charge in [0.25, 0.3) is 0 Å². The Hall–Kier alpha value is -0.970. The van der Waals surface area contributed by atoms with Crippen LogP contribution in [0.5, 0.6) is 0 Å². The molecule has 0 radical (unpaired) electrons. The SMILES string of the molecule is Cc1sc(Br)cc1S(=O)(=O)NC(CC(N)=O)C(=O)O. The molecule has 0 fully saturated rings. The molecule has 1 heterocycles. The minimum atomic E-state index is -4.02. The number of nitrogens with one attached hydrogen (secondary N) is 1. The Morgan fingerprint density at radius 1 is 1.58 bits per heavy atom.